The number of ether oxygens (including phenoxy) is 1. The number of H-pyrrole nitrogens is 2. The van der Waals surface area contributed by atoms with Crippen LogP contribution in [0.2, 0.25) is 0 Å². The summed E-state index contributed by atoms with van der Waals surface area (Å²) >= 11 is 0. The third kappa shape index (κ3) is 5.85. The van der Waals surface area contributed by atoms with E-state index in [0.717, 1.165) is 12.1 Å². The maximum atomic E-state index is 12.1. The number of rotatable bonds is 6. The molecule has 0 aliphatic heterocycles. The molecular formula is C13H13F3N4O3. The molecule has 1 amide bonds. The van der Waals surface area contributed by atoms with Crippen LogP contribution >= 0.6 is 0 Å². The van der Waals surface area contributed by atoms with E-state index in [1.807, 2.05) is 0 Å². The van der Waals surface area contributed by atoms with Gasteiger partial charge in [0.05, 0.1) is 6.42 Å². The number of hydrogen-bond acceptors (Lipinski definition) is 4. The van der Waals surface area contributed by atoms with E-state index in [9.17, 15) is 22.8 Å². The Morgan fingerprint density at radius 1 is 1.35 bits per heavy atom. The van der Waals surface area contributed by atoms with Crippen LogP contribution in [0.1, 0.15) is 11.4 Å². The zero-order valence-corrected chi connectivity index (χ0v) is 11.7. The van der Waals surface area contributed by atoms with Crippen molar-refractivity contribution in [3.05, 3.63) is 46.1 Å². The molecule has 124 valence electrons. The van der Waals surface area contributed by atoms with Gasteiger partial charge in [-0.2, -0.15) is 5.10 Å². The fraction of sp³-hybridized carbons (Fsp3) is 0.308. The Hall–Kier alpha value is -2.78. The molecule has 2 aromatic rings. The molecule has 2 rings (SSSR count). The average Bonchev–Trinajstić information content (AvgIpc) is 2.83. The summed E-state index contributed by atoms with van der Waals surface area (Å²) in [6, 6.07) is 5.20. The zero-order chi connectivity index (χ0) is 16.9. The molecule has 0 spiro atoms. The number of aromatic nitrogens is 3. The number of aromatic amines is 2. The molecule has 0 aliphatic carbocycles. The lowest BCUT2D eigenvalue weighted by Gasteiger charge is -2.10. The van der Waals surface area contributed by atoms with Crippen molar-refractivity contribution in [2.75, 3.05) is 6.54 Å². The van der Waals surface area contributed by atoms with Crippen LogP contribution in [0.15, 0.2) is 29.1 Å². The van der Waals surface area contributed by atoms with Crippen LogP contribution in [0.5, 0.6) is 5.75 Å². The van der Waals surface area contributed by atoms with Gasteiger partial charge in [0.1, 0.15) is 11.6 Å². The largest absolute Gasteiger partial charge is 0.573 e. The number of nitrogens with zero attached hydrogens (tertiary/aromatic N) is 1. The number of nitrogens with one attached hydrogen (secondary N) is 3. The molecule has 0 saturated heterocycles. The first-order valence-corrected chi connectivity index (χ1v) is 6.57. The molecule has 0 radical (unpaired) electrons. The van der Waals surface area contributed by atoms with Crippen molar-refractivity contribution in [2.45, 2.75) is 19.2 Å². The molecule has 0 atom stereocenters. The number of amides is 1. The summed E-state index contributed by atoms with van der Waals surface area (Å²) in [6.07, 6.45) is -4.55. The van der Waals surface area contributed by atoms with E-state index in [0.29, 0.717) is 17.8 Å². The monoisotopic (exact) mass is 330 g/mol. The highest BCUT2D eigenvalue weighted by atomic mass is 19.4. The number of halogens is 3. The highest BCUT2D eigenvalue weighted by molar-refractivity contribution is 5.78. The second kappa shape index (κ2) is 6.99. The molecule has 0 bridgehead atoms. The molecular weight excluding hydrogens is 317 g/mol. The van der Waals surface area contributed by atoms with Gasteiger partial charge in [-0.05, 0) is 17.7 Å². The standard InChI is InChI=1S/C13H13F3N4O3/c14-13(15,16)23-9-3-1-2-8(6-9)7-11(21)17-5-4-10-18-12(22)20-19-10/h1-3,6H,4-5,7H2,(H,17,21)(H2,18,19,20,22). The van der Waals surface area contributed by atoms with Crippen molar-refractivity contribution in [3.63, 3.8) is 0 Å². The number of hydrogen-bond donors (Lipinski definition) is 3. The maximum Gasteiger partial charge on any atom is 0.573 e. The molecule has 23 heavy (non-hydrogen) atoms. The predicted octanol–water partition coefficient (Wildman–Crippen LogP) is 0.898. The quantitative estimate of drug-likeness (QED) is 0.732. The predicted molar refractivity (Wildman–Crippen MR) is 72.8 cm³/mol. The second-order valence-corrected chi connectivity index (χ2v) is 4.60. The van der Waals surface area contributed by atoms with Gasteiger partial charge >= 0.3 is 12.1 Å². The SMILES string of the molecule is O=C(Cc1cccc(OC(F)(F)F)c1)NCCc1n[nH]c(=O)[nH]1. The number of alkyl halides is 3. The van der Waals surface area contributed by atoms with Gasteiger partial charge in [0.15, 0.2) is 0 Å². The summed E-state index contributed by atoms with van der Waals surface area (Å²) in [4.78, 5) is 25.0. The summed E-state index contributed by atoms with van der Waals surface area (Å²) in [7, 11) is 0. The molecule has 7 nitrogen and oxygen atoms in total. The van der Waals surface area contributed by atoms with Crippen LogP contribution in [0.3, 0.4) is 0 Å². The maximum absolute atomic E-state index is 12.1. The summed E-state index contributed by atoms with van der Waals surface area (Å²) in [5.74, 6) is -0.347. The van der Waals surface area contributed by atoms with Gasteiger partial charge in [-0.15, -0.1) is 13.2 Å². The first-order chi connectivity index (χ1) is 10.8. The van der Waals surface area contributed by atoms with E-state index in [-0.39, 0.29) is 24.6 Å². The molecule has 10 heteroatoms. The highest BCUT2D eigenvalue weighted by Crippen LogP contribution is 2.23. The van der Waals surface area contributed by atoms with Crippen LogP contribution in [0.4, 0.5) is 13.2 Å². The number of carbonyl (C=O) groups is 1. The van der Waals surface area contributed by atoms with E-state index in [2.05, 4.69) is 25.2 Å². The van der Waals surface area contributed by atoms with Gasteiger partial charge in [0.2, 0.25) is 5.91 Å². The molecule has 3 N–H and O–H groups in total. The molecule has 0 unspecified atom stereocenters. The Labute approximate surface area is 127 Å². The van der Waals surface area contributed by atoms with E-state index in [1.54, 1.807) is 0 Å². The van der Waals surface area contributed by atoms with Gasteiger partial charge in [0, 0.05) is 13.0 Å². The van der Waals surface area contributed by atoms with E-state index in [4.69, 9.17) is 0 Å². The van der Waals surface area contributed by atoms with E-state index >= 15 is 0 Å². The van der Waals surface area contributed by atoms with E-state index in [1.165, 1.54) is 12.1 Å². The lowest BCUT2D eigenvalue weighted by atomic mass is 10.1. The molecule has 0 saturated carbocycles. The minimum atomic E-state index is -4.78. The molecule has 1 heterocycles. The number of benzene rings is 1. The van der Waals surface area contributed by atoms with Crippen molar-refractivity contribution >= 4 is 5.91 Å². The first-order valence-electron chi connectivity index (χ1n) is 6.57. The second-order valence-electron chi connectivity index (χ2n) is 4.60. The third-order valence-electron chi connectivity index (χ3n) is 2.73. The van der Waals surface area contributed by atoms with Gasteiger partial charge in [0.25, 0.3) is 0 Å². The minimum Gasteiger partial charge on any atom is -0.406 e. The van der Waals surface area contributed by atoms with Crippen LogP contribution in [-0.2, 0) is 17.6 Å². The third-order valence-corrected chi connectivity index (χ3v) is 2.73. The normalized spacial score (nSPS) is 11.3. The van der Waals surface area contributed by atoms with Crippen molar-refractivity contribution in [1.29, 1.82) is 0 Å². The van der Waals surface area contributed by atoms with Crippen LogP contribution < -0.4 is 15.7 Å². The van der Waals surface area contributed by atoms with Crippen LogP contribution in [0.25, 0.3) is 0 Å². The summed E-state index contributed by atoms with van der Waals surface area (Å²) in [5, 5.41) is 8.45. The summed E-state index contributed by atoms with van der Waals surface area (Å²) in [6.45, 7) is 0.234. The van der Waals surface area contributed by atoms with Gasteiger partial charge in [-0.3, -0.25) is 9.78 Å². The summed E-state index contributed by atoms with van der Waals surface area (Å²) < 4.78 is 40.2. The van der Waals surface area contributed by atoms with Crippen molar-refractivity contribution in [1.82, 2.24) is 20.5 Å². The number of carbonyl (C=O) groups excluding carboxylic acids is 1. The zero-order valence-electron chi connectivity index (χ0n) is 11.7. The fourth-order valence-corrected chi connectivity index (χ4v) is 1.84. The Bertz CT molecular complexity index is 723. The Kier molecular flexibility index (Phi) is 5.04. The topological polar surface area (TPSA) is 99.9 Å². The van der Waals surface area contributed by atoms with Gasteiger partial charge < -0.3 is 10.1 Å². The molecule has 1 aromatic carbocycles. The van der Waals surface area contributed by atoms with Gasteiger partial charge in [-0.1, -0.05) is 12.1 Å². The minimum absolute atomic E-state index is 0.0911. The average molecular weight is 330 g/mol. The smallest absolute Gasteiger partial charge is 0.406 e. The van der Waals surface area contributed by atoms with Crippen molar-refractivity contribution in [2.24, 2.45) is 0 Å². The molecule has 1 aromatic heterocycles. The lowest BCUT2D eigenvalue weighted by molar-refractivity contribution is -0.274. The summed E-state index contributed by atoms with van der Waals surface area (Å²) in [5.41, 5.74) is -0.0507. The Balaban J connectivity index is 1.82. The molecule has 0 fully saturated rings. The van der Waals surface area contributed by atoms with Crippen LogP contribution in [0, 0.1) is 0 Å². The lowest BCUT2D eigenvalue weighted by Crippen LogP contribution is -2.27. The fourth-order valence-electron chi connectivity index (χ4n) is 1.84. The Morgan fingerprint density at radius 3 is 2.78 bits per heavy atom. The van der Waals surface area contributed by atoms with Crippen molar-refractivity contribution in [3.8, 4) is 5.75 Å². The van der Waals surface area contributed by atoms with E-state index < -0.39 is 12.1 Å². The molecule has 0 aliphatic rings. The first kappa shape index (κ1) is 16.6. The van der Waals surface area contributed by atoms with Gasteiger partial charge in [-0.25, -0.2) is 9.89 Å². The van der Waals surface area contributed by atoms with Crippen LogP contribution in [-0.4, -0.2) is 34.0 Å². The van der Waals surface area contributed by atoms with Crippen molar-refractivity contribution < 1.29 is 22.7 Å². The highest BCUT2D eigenvalue weighted by Gasteiger charge is 2.31. The Morgan fingerprint density at radius 2 is 2.13 bits per heavy atom.